The normalized spacial score (nSPS) is 19.0. The highest BCUT2D eigenvalue weighted by atomic mass is 35.5. The minimum atomic E-state index is -0.131. The summed E-state index contributed by atoms with van der Waals surface area (Å²) in [7, 11) is 0. The highest BCUT2D eigenvalue weighted by Crippen LogP contribution is 2.51. The second-order valence-corrected chi connectivity index (χ2v) is 8.63. The average molecular weight is 393 g/mol. The van der Waals surface area contributed by atoms with Gasteiger partial charge in [-0.05, 0) is 49.2 Å². The zero-order chi connectivity index (χ0) is 17.2. The first-order chi connectivity index (χ1) is 11.4. The molecule has 2 aliphatic rings. The van der Waals surface area contributed by atoms with Crippen molar-refractivity contribution in [2.24, 2.45) is 0 Å². The summed E-state index contributed by atoms with van der Waals surface area (Å²) >= 11 is 14.9. The SMILES string of the molecule is Cc1cc(Cl)cc2c1S/C(=C1\Sc3c(C)cc(Cl)cc3C1=O)C2=O. The molecule has 0 fully saturated rings. The van der Waals surface area contributed by atoms with E-state index in [-0.39, 0.29) is 11.6 Å². The van der Waals surface area contributed by atoms with Crippen molar-refractivity contribution in [2.75, 3.05) is 0 Å². The van der Waals surface area contributed by atoms with Gasteiger partial charge in [-0.1, -0.05) is 46.7 Å². The van der Waals surface area contributed by atoms with Crippen molar-refractivity contribution in [3.05, 3.63) is 66.4 Å². The molecule has 0 aromatic heterocycles. The number of allylic oxidation sites excluding steroid dienone is 2. The molecule has 4 rings (SSSR count). The predicted molar refractivity (Wildman–Crippen MR) is 99.8 cm³/mol. The van der Waals surface area contributed by atoms with Crippen LogP contribution in [0.4, 0.5) is 0 Å². The van der Waals surface area contributed by atoms with Crippen molar-refractivity contribution in [1.82, 2.24) is 0 Å². The number of aryl methyl sites for hydroxylation is 2. The Balaban J connectivity index is 1.86. The number of carbonyl (C=O) groups excluding carboxylic acids is 2. The first-order valence-corrected chi connectivity index (χ1v) is 9.55. The Bertz CT molecular complexity index is 913. The number of hydrogen-bond acceptors (Lipinski definition) is 4. The van der Waals surface area contributed by atoms with Gasteiger partial charge in [-0.3, -0.25) is 9.59 Å². The van der Waals surface area contributed by atoms with Gasteiger partial charge < -0.3 is 0 Å². The van der Waals surface area contributed by atoms with Crippen molar-refractivity contribution >= 4 is 58.3 Å². The first-order valence-electron chi connectivity index (χ1n) is 7.16. The molecule has 0 aliphatic carbocycles. The van der Waals surface area contributed by atoms with Crippen LogP contribution in [0.2, 0.25) is 10.0 Å². The second kappa shape index (κ2) is 5.67. The minimum absolute atomic E-state index is 0.131. The topological polar surface area (TPSA) is 34.1 Å². The number of carbonyl (C=O) groups is 2. The van der Waals surface area contributed by atoms with Crippen molar-refractivity contribution in [2.45, 2.75) is 23.6 Å². The number of rotatable bonds is 0. The van der Waals surface area contributed by atoms with Gasteiger partial charge in [0.2, 0.25) is 11.6 Å². The molecule has 2 nitrogen and oxygen atoms in total. The van der Waals surface area contributed by atoms with Crippen LogP contribution in [-0.2, 0) is 0 Å². The van der Waals surface area contributed by atoms with Gasteiger partial charge >= 0.3 is 0 Å². The second-order valence-electron chi connectivity index (χ2n) is 5.72. The van der Waals surface area contributed by atoms with Crippen LogP contribution in [0.3, 0.4) is 0 Å². The van der Waals surface area contributed by atoms with Gasteiger partial charge in [-0.2, -0.15) is 0 Å². The molecule has 0 radical (unpaired) electrons. The highest BCUT2D eigenvalue weighted by Gasteiger charge is 2.37. The molecule has 0 saturated heterocycles. The van der Waals surface area contributed by atoms with E-state index in [1.807, 2.05) is 26.0 Å². The number of Topliss-reactive ketones (excluding diaryl/α,β-unsaturated/α-hetero) is 2. The van der Waals surface area contributed by atoms with Crippen LogP contribution in [0.15, 0.2) is 43.9 Å². The quantitative estimate of drug-likeness (QED) is 0.507. The summed E-state index contributed by atoms with van der Waals surface area (Å²) in [5.41, 5.74) is 3.04. The third kappa shape index (κ3) is 2.36. The number of halogens is 2. The smallest absolute Gasteiger partial charge is 0.202 e. The molecule has 2 aliphatic heterocycles. The fraction of sp³-hybridized carbons (Fsp3) is 0.111. The van der Waals surface area contributed by atoms with Crippen LogP contribution in [0, 0.1) is 13.8 Å². The van der Waals surface area contributed by atoms with Crippen LogP contribution >= 0.6 is 46.7 Å². The van der Waals surface area contributed by atoms with E-state index in [4.69, 9.17) is 23.2 Å². The minimum Gasteiger partial charge on any atom is -0.288 e. The van der Waals surface area contributed by atoms with E-state index in [9.17, 15) is 9.59 Å². The fourth-order valence-corrected chi connectivity index (χ4v) is 5.85. The van der Waals surface area contributed by atoms with Gasteiger partial charge in [0.1, 0.15) is 0 Å². The van der Waals surface area contributed by atoms with Crippen molar-refractivity contribution < 1.29 is 9.59 Å². The molecular weight excluding hydrogens is 383 g/mol. The Kier molecular flexibility index (Phi) is 3.84. The molecule has 120 valence electrons. The lowest BCUT2D eigenvalue weighted by Crippen LogP contribution is -2.02. The maximum absolute atomic E-state index is 12.8. The molecule has 0 amide bonds. The van der Waals surface area contributed by atoms with E-state index >= 15 is 0 Å². The summed E-state index contributed by atoms with van der Waals surface area (Å²) in [5.74, 6) is -0.263. The molecule has 6 heteroatoms. The number of ketones is 2. The van der Waals surface area contributed by atoms with E-state index in [0.717, 1.165) is 20.9 Å². The van der Waals surface area contributed by atoms with E-state index in [1.54, 1.807) is 12.1 Å². The van der Waals surface area contributed by atoms with Crippen LogP contribution in [0.25, 0.3) is 0 Å². The first kappa shape index (κ1) is 16.3. The summed E-state index contributed by atoms with van der Waals surface area (Å²) in [5, 5.41) is 1.06. The number of thioether (sulfide) groups is 2. The summed E-state index contributed by atoms with van der Waals surface area (Å²) in [4.78, 5) is 28.3. The lowest BCUT2D eigenvalue weighted by molar-refractivity contribution is 0.101. The van der Waals surface area contributed by atoms with E-state index < -0.39 is 0 Å². The maximum atomic E-state index is 12.8. The zero-order valence-electron chi connectivity index (χ0n) is 12.7. The maximum Gasteiger partial charge on any atom is 0.202 e. The molecule has 0 saturated carbocycles. The molecule has 2 aromatic carbocycles. The van der Waals surface area contributed by atoms with Crippen molar-refractivity contribution in [3.63, 3.8) is 0 Å². The summed E-state index contributed by atoms with van der Waals surface area (Å²) < 4.78 is 0. The molecule has 0 unspecified atom stereocenters. The van der Waals surface area contributed by atoms with Gasteiger partial charge in [-0.15, -0.1) is 0 Å². The predicted octanol–water partition coefficient (Wildman–Crippen LogP) is 6.10. The summed E-state index contributed by atoms with van der Waals surface area (Å²) in [6.45, 7) is 3.84. The lowest BCUT2D eigenvalue weighted by Gasteiger charge is -2.01. The highest BCUT2D eigenvalue weighted by molar-refractivity contribution is 8.08. The number of fused-ring (bicyclic) bond motifs is 2. The van der Waals surface area contributed by atoms with Gasteiger partial charge in [0.05, 0.1) is 9.81 Å². The standard InChI is InChI=1S/C18H10Cl2O2S2/c1-7-3-9(19)5-11-13(21)17(23-15(7)11)18-14(22)12-6-10(20)4-8(2)16(12)24-18/h3-6H,1-2H3/b18-17-. The van der Waals surface area contributed by atoms with E-state index in [1.165, 1.54) is 23.5 Å². The van der Waals surface area contributed by atoms with Crippen LogP contribution < -0.4 is 0 Å². The molecular formula is C18H10Cl2O2S2. The van der Waals surface area contributed by atoms with Crippen molar-refractivity contribution in [1.29, 1.82) is 0 Å². The summed E-state index contributed by atoms with van der Waals surface area (Å²) in [6, 6.07) is 7.01. The Morgan fingerprint density at radius 2 is 1.08 bits per heavy atom. The monoisotopic (exact) mass is 392 g/mol. The van der Waals surface area contributed by atoms with E-state index in [2.05, 4.69) is 0 Å². The Morgan fingerprint density at radius 3 is 1.46 bits per heavy atom. The number of hydrogen-bond donors (Lipinski definition) is 0. The van der Waals surface area contributed by atoms with Crippen LogP contribution in [0.1, 0.15) is 31.8 Å². The molecule has 0 N–H and O–H groups in total. The number of benzene rings is 2. The molecule has 24 heavy (non-hydrogen) atoms. The third-order valence-electron chi connectivity index (χ3n) is 3.99. The molecule has 0 bridgehead atoms. The average Bonchev–Trinajstić information content (AvgIpc) is 2.99. The fourth-order valence-electron chi connectivity index (χ4n) is 2.91. The van der Waals surface area contributed by atoms with Gasteiger partial charge in [0.15, 0.2) is 0 Å². The Hall–Kier alpha value is -1.20. The summed E-state index contributed by atoms with van der Waals surface area (Å²) in [6.07, 6.45) is 0. The van der Waals surface area contributed by atoms with Crippen molar-refractivity contribution in [3.8, 4) is 0 Å². The third-order valence-corrected chi connectivity index (χ3v) is 7.24. The van der Waals surface area contributed by atoms with Gasteiger partial charge in [-0.25, -0.2) is 0 Å². The van der Waals surface area contributed by atoms with Gasteiger partial charge in [0.25, 0.3) is 0 Å². The molecule has 2 aromatic rings. The Morgan fingerprint density at radius 1 is 0.708 bits per heavy atom. The van der Waals surface area contributed by atoms with Crippen LogP contribution in [0.5, 0.6) is 0 Å². The zero-order valence-corrected chi connectivity index (χ0v) is 15.8. The van der Waals surface area contributed by atoms with Crippen LogP contribution in [-0.4, -0.2) is 11.6 Å². The molecule has 0 atom stereocenters. The van der Waals surface area contributed by atoms with E-state index in [0.29, 0.717) is 31.0 Å². The molecule has 0 spiro atoms. The lowest BCUT2D eigenvalue weighted by atomic mass is 10.0. The van der Waals surface area contributed by atoms with Gasteiger partial charge in [0, 0.05) is 31.0 Å². The Labute approximate surface area is 157 Å². The largest absolute Gasteiger partial charge is 0.288 e. The molecule has 2 heterocycles.